The Balaban J connectivity index is 1.83. The van der Waals surface area contributed by atoms with E-state index in [1.165, 1.54) is 7.11 Å². The molecule has 0 spiro atoms. The number of thiocarbonyl (C=S) groups is 1. The number of amides is 1. The van der Waals surface area contributed by atoms with Crippen LogP contribution < -0.4 is 15.4 Å². The standard InChI is InChI=1S/C18H17BrN2O4S/c1-11-3-8-15(14(19)9-11)25-10-16(22)21-18(26)20-13-6-4-12(5-7-13)17(23)24-2/h3-9H,10H2,1-2H3,(H2,20,21,22,26). The fourth-order valence-electron chi connectivity index (χ4n) is 2.00. The van der Waals surface area contributed by atoms with E-state index in [1.807, 2.05) is 19.1 Å². The van der Waals surface area contributed by atoms with Gasteiger partial charge in [-0.1, -0.05) is 6.07 Å². The second-order valence-electron chi connectivity index (χ2n) is 5.29. The summed E-state index contributed by atoms with van der Waals surface area (Å²) in [7, 11) is 1.32. The second kappa shape index (κ2) is 9.30. The smallest absolute Gasteiger partial charge is 0.337 e. The highest BCUT2D eigenvalue weighted by Gasteiger charge is 2.09. The molecule has 2 rings (SSSR count). The second-order valence-corrected chi connectivity index (χ2v) is 6.56. The fraction of sp³-hybridized carbons (Fsp3) is 0.167. The van der Waals surface area contributed by atoms with E-state index in [4.69, 9.17) is 17.0 Å². The van der Waals surface area contributed by atoms with Crippen LogP contribution in [0.2, 0.25) is 0 Å². The van der Waals surface area contributed by atoms with Gasteiger partial charge in [-0.05, 0) is 77.0 Å². The third-order valence-electron chi connectivity index (χ3n) is 3.26. The molecule has 0 aliphatic carbocycles. The van der Waals surface area contributed by atoms with E-state index in [2.05, 4.69) is 31.3 Å². The van der Waals surface area contributed by atoms with Crippen LogP contribution in [0, 0.1) is 6.92 Å². The highest BCUT2D eigenvalue weighted by Crippen LogP contribution is 2.25. The maximum Gasteiger partial charge on any atom is 0.337 e. The van der Waals surface area contributed by atoms with E-state index in [0.717, 1.165) is 10.0 Å². The molecule has 6 nitrogen and oxygen atoms in total. The van der Waals surface area contributed by atoms with Gasteiger partial charge in [-0.15, -0.1) is 0 Å². The molecule has 0 saturated heterocycles. The SMILES string of the molecule is COC(=O)c1ccc(NC(=S)NC(=O)COc2ccc(C)cc2Br)cc1. The number of carbonyl (C=O) groups excluding carboxylic acids is 2. The number of nitrogens with one attached hydrogen (secondary N) is 2. The summed E-state index contributed by atoms with van der Waals surface area (Å²) < 4.78 is 10.9. The molecule has 2 N–H and O–H groups in total. The average Bonchev–Trinajstić information content (AvgIpc) is 2.60. The number of anilines is 1. The average molecular weight is 437 g/mol. The lowest BCUT2D eigenvalue weighted by Gasteiger charge is -2.11. The topological polar surface area (TPSA) is 76.7 Å². The molecule has 0 saturated carbocycles. The van der Waals surface area contributed by atoms with E-state index in [9.17, 15) is 9.59 Å². The zero-order chi connectivity index (χ0) is 19.1. The molecule has 0 atom stereocenters. The number of rotatable bonds is 5. The lowest BCUT2D eigenvalue weighted by atomic mass is 10.2. The minimum atomic E-state index is -0.424. The molecule has 0 bridgehead atoms. The Morgan fingerprint density at radius 3 is 2.46 bits per heavy atom. The van der Waals surface area contributed by atoms with Crippen molar-refractivity contribution in [2.75, 3.05) is 19.0 Å². The van der Waals surface area contributed by atoms with Crippen LogP contribution in [0.15, 0.2) is 46.9 Å². The van der Waals surface area contributed by atoms with E-state index in [0.29, 0.717) is 17.0 Å². The van der Waals surface area contributed by atoms with E-state index in [1.54, 1.807) is 30.3 Å². The van der Waals surface area contributed by atoms with Gasteiger partial charge in [0.2, 0.25) is 0 Å². The monoisotopic (exact) mass is 436 g/mol. The summed E-state index contributed by atoms with van der Waals surface area (Å²) in [4.78, 5) is 23.3. The number of carbonyl (C=O) groups is 2. The summed E-state index contributed by atoms with van der Waals surface area (Å²) in [5.74, 6) is -0.240. The number of hydrogen-bond acceptors (Lipinski definition) is 5. The van der Waals surface area contributed by atoms with Crippen molar-refractivity contribution in [2.45, 2.75) is 6.92 Å². The first kappa shape index (κ1) is 19.9. The number of benzene rings is 2. The molecule has 26 heavy (non-hydrogen) atoms. The minimum Gasteiger partial charge on any atom is -0.483 e. The van der Waals surface area contributed by atoms with Gasteiger partial charge in [0.15, 0.2) is 11.7 Å². The van der Waals surface area contributed by atoms with Crippen LogP contribution in [-0.4, -0.2) is 30.7 Å². The van der Waals surface area contributed by atoms with Crippen molar-refractivity contribution in [1.29, 1.82) is 0 Å². The summed E-state index contributed by atoms with van der Waals surface area (Å²) in [5.41, 5.74) is 2.13. The van der Waals surface area contributed by atoms with Gasteiger partial charge in [0.05, 0.1) is 17.1 Å². The Morgan fingerprint density at radius 1 is 1.15 bits per heavy atom. The molecule has 0 heterocycles. The van der Waals surface area contributed by atoms with Gasteiger partial charge in [-0.3, -0.25) is 10.1 Å². The Hall–Kier alpha value is -2.45. The molecule has 2 aromatic carbocycles. The van der Waals surface area contributed by atoms with Crippen LogP contribution in [0.25, 0.3) is 0 Å². The third kappa shape index (κ3) is 5.82. The molecule has 8 heteroatoms. The van der Waals surface area contributed by atoms with Crippen LogP contribution in [0.4, 0.5) is 5.69 Å². The maximum absolute atomic E-state index is 11.9. The van der Waals surface area contributed by atoms with Gasteiger partial charge in [-0.2, -0.15) is 0 Å². The number of halogens is 1. The van der Waals surface area contributed by atoms with Crippen molar-refractivity contribution in [2.24, 2.45) is 0 Å². The number of methoxy groups -OCH3 is 1. The molecule has 136 valence electrons. The summed E-state index contributed by atoms with van der Waals surface area (Å²) in [6, 6.07) is 12.1. The Morgan fingerprint density at radius 2 is 1.85 bits per heavy atom. The van der Waals surface area contributed by atoms with Gasteiger partial charge < -0.3 is 14.8 Å². The minimum absolute atomic E-state index is 0.132. The lowest BCUT2D eigenvalue weighted by molar-refractivity contribution is -0.121. The highest BCUT2D eigenvalue weighted by atomic mass is 79.9. The van der Waals surface area contributed by atoms with Gasteiger partial charge in [0.1, 0.15) is 5.75 Å². The molecule has 2 aromatic rings. The first-order chi connectivity index (χ1) is 12.4. The first-order valence-corrected chi connectivity index (χ1v) is 8.77. The van der Waals surface area contributed by atoms with Crippen LogP contribution in [0.1, 0.15) is 15.9 Å². The fourth-order valence-corrected chi connectivity index (χ4v) is 2.84. The summed E-state index contributed by atoms with van der Waals surface area (Å²) in [6.07, 6.45) is 0. The molecule has 0 aliphatic rings. The zero-order valence-electron chi connectivity index (χ0n) is 14.2. The number of aryl methyl sites for hydroxylation is 1. The number of esters is 1. The normalized spacial score (nSPS) is 9.96. The van der Waals surface area contributed by atoms with E-state index < -0.39 is 5.97 Å². The van der Waals surface area contributed by atoms with Gasteiger partial charge in [0, 0.05) is 5.69 Å². The predicted octanol–water partition coefficient (Wildman–Crippen LogP) is 3.44. The lowest BCUT2D eigenvalue weighted by Crippen LogP contribution is -2.37. The molecule has 0 radical (unpaired) electrons. The molecular formula is C18H17BrN2O4S. The largest absolute Gasteiger partial charge is 0.483 e. The predicted molar refractivity (Wildman–Crippen MR) is 107 cm³/mol. The van der Waals surface area contributed by atoms with E-state index >= 15 is 0 Å². The molecular weight excluding hydrogens is 420 g/mol. The van der Waals surface area contributed by atoms with Crippen molar-refractivity contribution >= 4 is 50.8 Å². The van der Waals surface area contributed by atoms with Crippen molar-refractivity contribution in [3.63, 3.8) is 0 Å². The Labute approximate surface area is 165 Å². The molecule has 1 amide bonds. The highest BCUT2D eigenvalue weighted by molar-refractivity contribution is 9.10. The zero-order valence-corrected chi connectivity index (χ0v) is 16.6. The maximum atomic E-state index is 11.9. The van der Waals surface area contributed by atoms with Crippen molar-refractivity contribution in [3.8, 4) is 5.75 Å². The Bertz CT molecular complexity index is 824. The quantitative estimate of drug-likeness (QED) is 0.552. The summed E-state index contributed by atoms with van der Waals surface area (Å²) >= 11 is 8.48. The number of ether oxygens (including phenoxy) is 2. The Kier molecular flexibility index (Phi) is 7.11. The first-order valence-electron chi connectivity index (χ1n) is 7.57. The van der Waals surface area contributed by atoms with Gasteiger partial charge >= 0.3 is 5.97 Å². The van der Waals surface area contributed by atoms with Crippen LogP contribution >= 0.6 is 28.1 Å². The van der Waals surface area contributed by atoms with Crippen molar-refractivity contribution < 1.29 is 19.1 Å². The molecule has 0 aromatic heterocycles. The molecule has 0 fully saturated rings. The van der Waals surface area contributed by atoms with E-state index in [-0.39, 0.29) is 17.6 Å². The van der Waals surface area contributed by atoms with Crippen molar-refractivity contribution in [1.82, 2.24) is 5.32 Å². The summed E-state index contributed by atoms with van der Waals surface area (Å²) in [6.45, 7) is 1.79. The van der Waals surface area contributed by atoms with Crippen molar-refractivity contribution in [3.05, 3.63) is 58.1 Å². The van der Waals surface area contributed by atoms with Crippen LogP contribution in [0.3, 0.4) is 0 Å². The van der Waals surface area contributed by atoms with Gasteiger partial charge in [-0.25, -0.2) is 4.79 Å². The third-order valence-corrected chi connectivity index (χ3v) is 4.09. The van der Waals surface area contributed by atoms with Gasteiger partial charge in [0.25, 0.3) is 5.91 Å². The van der Waals surface area contributed by atoms with Crippen LogP contribution in [-0.2, 0) is 9.53 Å². The van der Waals surface area contributed by atoms with Crippen LogP contribution in [0.5, 0.6) is 5.75 Å². The molecule has 0 unspecified atom stereocenters. The number of hydrogen-bond donors (Lipinski definition) is 2. The summed E-state index contributed by atoms with van der Waals surface area (Å²) in [5, 5.41) is 5.52. The molecule has 0 aliphatic heterocycles.